The normalized spacial score (nSPS) is 10.3. The van der Waals surface area contributed by atoms with E-state index in [2.05, 4.69) is 6.92 Å². The zero-order valence-electron chi connectivity index (χ0n) is 14.6. The number of ether oxygens (including phenoxy) is 4. The van der Waals surface area contributed by atoms with E-state index in [1.165, 1.54) is 0 Å². The van der Waals surface area contributed by atoms with E-state index in [1.807, 2.05) is 20.8 Å². The van der Waals surface area contributed by atoms with E-state index in [-0.39, 0.29) is 5.97 Å². The molecule has 5 heteroatoms. The summed E-state index contributed by atoms with van der Waals surface area (Å²) in [5.74, 6) is 1.16. The Morgan fingerprint density at radius 3 is 1.91 bits per heavy atom. The maximum Gasteiger partial charge on any atom is 0.338 e. The lowest BCUT2D eigenvalue weighted by Gasteiger charge is -2.16. The molecule has 0 radical (unpaired) electrons. The van der Waals surface area contributed by atoms with Crippen molar-refractivity contribution in [1.82, 2.24) is 0 Å². The second-order valence-electron chi connectivity index (χ2n) is 4.94. The van der Waals surface area contributed by atoms with Crippen LogP contribution in [-0.4, -0.2) is 32.4 Å². The first-order valence-electron chi connectivity index (χ1n) is 8.41. The Hall–Kier alpha value is -1.91. The van der Waals surface area contributed by atoms with Crippen molar-refractivity contribution in [3.05, 3.63) is 17.7 Å². The molecule has 0 aliphatic heterocycles. The highest BCUT2D eigenvalue weighted by molar-refractivity contribution is 5.91. The lowest BCUT2D eigenvalue weighted by Crippen LogP contribution is -2.09. The molecule has 0 bridgehead atoms. The van der Waals surface area contributed by atoms with Crippen LogP contribution in [0.2, 0.25) is 0 Å². The summed E-state index contributed by atoms with van der Waals surface area (Å²) < 4.78 is 22.1. The third-order valence-electron chi connectivity index (χ3n) is 3.13. The van der Waals surface area contributed by atoms with Gasteiger partial charge in [-0.25, -0.2) is 4.79 Å². The molecule has 0 aromatic heterocycles. The van der Waals surface area contributed by atoms with Crippen LogP contribution in [0.5, 0.6) is 17.2 Å². The van der Waals surface area contributed by atoms with Gasteiger partial charge in [0.15, 0.2) is 11.5 Å². The van der Waals surface area contributed by atoms with Gasteiger partial charge in [-0.3, -0.25) is 0 Å². The van der Waals surface area contributed by atoms with E-state index in [0.29, 0.717) is 49.2 Å². The summed E-state index contributed by atoms with van der Waals surface area (Å²) in [6.45, 7) is 9.62. The summed E-state index contributed by atoms with van der Waals surface area (Å²) in [5, 5.41) is 0. The molecule has 0 N–H and O–H groups in total. The average molecular weight is 324 g/mol. The van der Waals surface area contributed by atoms with Crippen molar-refractivity contribution in [2.24, 2.45) is 0 Å². The molecule has 0 atom stereocenters. The fraction of sp³-hybridized carbons (Fsp3) is 0.611. The van der Waals surface area contributed by atoms with Gasteiger partial charge in [-0.1, -0.05) is 19.8 Å². The van der Waals surface area contributed by atoms with Crippen LogP contribution in [0.1, 0.15) is 57.3 Å². The molecule has 1 aromatic carbocycles. The van der Waals surface area contributed by atoms with Crippen LogP contribution in [0.3, 0.4) is 0 Å². The molecule has 0 saturated heterocycles. The molecule has 5 nitrogen and oxygen atoms in total. The minimum atomic E-state index is -0.369. The highest BCUT2D eigenvalue weighted by Crippen LogP contribution is 2.39. The van der Waals surface area contributed by atoms with Gasteiger partial charge in [-0.05, 0) is 39.3 Å². The fourth-order valence-electron chi connectivity index (χ4n) is 2.11. The van der Waals surface area contributed by atoms with Crippen LogP contribution in [0.4, 0.5) is 0 Å². The van der Waals surface area contributed by atoms with Crippen LogP contribution >= 0.6 is 0 Å². The number of carbonyl (C=O) groups is 1. The van der Waals surface area contributed by atoms with Gasteiger partial charge in [0.1, 0.15) is 0 Å². The summed E-state index contributed by atoms with van der Waals surface area (Å²) >= 11 is 0. The van der Waals surface area contributed by atoms with Gasteiger partial charge >= 0.3 is 5.97 Å². The van der Waals surface area contributed by atoms with Crippen molar-refractivity contribution in [2.75, 3.05) is 26.4 Å². The molecule has 0 heterocycles. The highest BCUT2D eigenvalue weighted by atomic mass is 16.5. The molecule has 130 valence electrons. The molecule has 0 unspecified atom stereocenters. The van der Waals surface area contributed by atoms with Gasteiger partial charge in [0.25, 0.3) is 0 Å². The Bertz CT molecular complexity index is 457. The number of unbranched alkanes of at least 4 members (excludes halogenated alkanes) is 2. The number of benzene rings is 1. The molecule has 0 aliphatic rings. The molecular formula is C18H28O5. The van der Waals surface area contributed by atoms with Gasteiger partial charge in [-0.15, -0.1) is 0 Å². The molecule has 0 fully saturated rings. The Labute approximate surface area is 138 Å². The molecule has 1 rings (SSSR count). The SMILES string of the molecule is CCCCCOC(=O)c1cc(OCC)c(OCC)c(OCC)c1. The van der Waals surface area contributed by atoms with Crippen LogP contribution in [0.25, 0.3) is 0 Å². The maximum absolute atomic E-state index is 12.2. The van der Waals surface area contributed by atoms with Gasteiger partial charge in [0.05, 0.1) is 32.0 Å². The Morgan fingerprint density at radius 2 is 1.43 bits per heavy atom. The van der Waals surface area contributed by atoms with Crippen LogP contribution in [0, 0.1) is 0 Å². The van der Waals surface area contributed by atoms with Crippen molar-refractivity contribution < 1.29 is 23.7 Å². The minimum Gasteiger partial charge on any atom is -0.490 e. The highest BCUT2D eigenvalue weighted by Gasteiger charge is 2.19. The van der Waals surface area contributed by atoms with Crippen molar-refractivity contribution in [1.29, 1.82) is 0 Å². The number of carbonyl (C=O) groups excluding carboxylic acids is 1. The van der Waals surface area contributed by atoms with Crippen LogP contribution in [0.15, 0.2) is 12.1 Å². The quantitative estimate of drug-likeness (QED) is 0.450. The summed E-state index contributed by atoms with van der Waals surface area (Å²) in [6, 6.07) is 3.30. The fourth-order valence-corrected chi connectivity index (χ4v) is 2.11. The second kappa shape index (κ2) is 10.8. The lowest BCUT2D eigenvalue weighted by molar-refractivity contribution is 0.0497. The number of hydrogen-bond acceptors (Lipinski definition) is 5. The number of esters is 1. The van der Waals surface area contributed by atoms with E-state index in [1.54, 1.807) is 12.1 Å². The molecule has 1 aromatic rings. The molecule has 0 saturated carbocycles. The van der Waals surface area contributed by atoms with E-state index in [4.69, 9.17) is 18.9 Å². The van der Waals surface area contributed by atoms with E-state index >= 15 is 0 Å². The van der Waals surface area contributed by atoms with E-state index < -0.39 is 0 Å². The van der Waals surface area contributed by atoms with Gasteiger partial charge < -0.3 is 18.9 Å². The third kappa shape index (κ3) is 6.00. The molecule has 0 aliphatic carbocycles. The van der Waals surface area contributed by atoms with Gasteiger partial charge in [0, 0.05) is 0 Å². The second-order valence-corrected chi connectivity index (χ2v) is 4.94. The topological polar surface area (TPSA) is 54.0 Å². The zero-order valence-corrected chi connectivity index (χ0v) is 14.6. The lowest BCUT2D eigenvalue weighted by atomic mass is 10.2. The van der Waals surface area contributed by atoms with Gasteiger partial charge in [-0.2, -0.15) is 0 Å². The Balaban J connectivity index is 3.00. The Kier molecular flexibility index (Phi) is 8.95. The predicted octanol–water partition coefficient (Wildman–Crippen LogP) is 4.23. The summed E-state index contributed by atoms with van der Waals surface area (Å²) in [7, 11) is 0. The smallest absolute Gasteiger partial charge is 0.338 e. The van der Waals surface area contributed by atoms with Crippen molar-refractivity contribution in [2.45, 2.75) is 47.0 Å². The zero-order chi connectivity index (χ0) is 17.1. The molecular weight excluding hydrogens is 296 g/mol. The standard InChI is InChI=1S/C18H28O5/c1-5-9-10-11-23-18(19)14-12-15(20-6-2)17(22-8-4)16(13-14)21-7-3/h12-13H,5-11H2,1-4H3. The molecule has 0 amide bonds. The first-order valence-corrected chi connectivity index (χ1v) is 8.41. The summed E-state index contributed by atoms with van der Waals surface area (Å²) in [4.78, 5) is 12.2. The first kappa shape index (κ1) is 19.1. The van der Waals surface area contributed by atoms with Crippen molar-refractivity contribution in [3.63, 3.8) is 0 Å². The van der Waals surface area contributed by atoms with Crippen molar-refractivity contribution in [3.8, 4) is 17.2 Å². The largest absolute Gasteiger partial charge is 0.490 e. The molecule has 0 spiro atoms. The molecule has 23 heavy (non-hydrogen) atoms. The first-order chi connectivity index (χ1) is 11.2. The Morgan fingerprint density at radius 1 is 0.870 bits per heavy atom. The van der Waals surface area contributed by atoms with Crippen LogP contribution in [-0.2, 0) is 4.74 Å². The summed E-state index contributed by atoms with van der Waals surface area (Å²) in [5.41, 5.74) is 0.414. The third-order valence-corrected chi connectivity index (χ3v) is 3.13. The van der Waals surface area contributed by atoms with Gasteiger partial charge in [0.2, 0.25) is 5.75 Å². The van der Waals surface area contributed by atoms with E-state index in [0.717, 1.165) is 19.3 Å². The average Bonchev–Trinajstić information content (AvgIpc) is 2.54. The van der Waals surface area contributed by atoms with Crippen molar-refractivity contribution >= 4 is 5.97 Å². The van der Waals surface area contributed by atoms with Crippen LogP contribution < -0.4 is 14.2 Å². The predicted molar refractivity (Wildman–Crippen MR) is 89.8 cm³/mol. The minimum absolute atomic E-state index is 0.369. The number of rotatable bonds is 11. The van der Waals surface area contributed by atoms with E-state index in [9.17, 15) is 4.79 Å². The maximum atomic E-state index is 12.2. The number of hydrogen-bond donors (Lipinski definition) is 0. The monoisotopic (exact) mass is 324 g/mol. The summed E-state index contributed by atoms with van der Waals surface area (Å²) in [6.07, 6.45) is 3.00.